The number of rotatable bonds is 6. The number of amides is 2. The van der Waals surface area contributed by atoms with Crippen molar-refractivity contribution in [2.45, 2.75) is 167 Å². The Morgan fingerprint density at radius 1 is 1.04 bits per heavy atom. The highest BCUT2D eigenvalue weighted by atomic mass is 16.7. The molecule has 4 saturated heterocycles. The fourth-order valence-corrected chi connectivity index (χ4v) is 8.36. The molecule has 4 rings (SSSR count). The number of fused-ring (bicyclic) bond motifs is 1. The van der Waals surface area contributed by atoms with E-state index in [1.807, 2.05) is 53.5 Å². The van der Waals surface area contributed by atoms with Crippen LogP contribution in [0.3, 0.4) is 0 Å². The Morgan fingerprint density at radius 3 is 2.37 bits per heavy atom. The van der Waals surface area contributed by atoms with Gasteiger partial charge in [-0.05, 0) is 66.7 Å². The van der Waals surface area contributed by atoms with Crippen molar-refractivity contribution in [3.05, 3.63) is 0 Å². The molecule has 51 heavy (non-hydrogen) atoms. The lowest BCUT2D eigenvalue weighted by Gasteiger charge is -2.48. The van der Waals surface area contributed by atoms with Gasteiger partial charge in [-0.2, -0.15) is 0 Å². The van der Waals surface area contributed by atoms with Gasteiger partial charge in [0.2, 0.25) is 11.8 Å². The van der Waals surface area contributed by atoms with E-state index in [2.05, 4.69) is 5.32 Å². The van der Waals surface area contributed by atoms with E-state index in [4.69, 9.17) is 33.4 Å². The summed E-state index contributed by atoms with van der Waals surface area (Å²) in [7, 11) is 5.28. The molecule has 4 fully saturated rings. The van der Waals surface area contributed by atoms with E-state index in [1.165, 1.54) is 0 Å². The predicted octanol–water partition coefficient (Wildman–Crippen LogP) is 2.67. The van der Waals surface area contributed by atoms with Gasteiger partial charge < -0.3 is 53.8 Å². The quantitative estimate of drug-likeness (QED) is 0.369. The average Bonchev–Trinajstić information content (AvgIpc) is 3.35. The second-order valence-electron chi connectivity index (χ2n) is 16.4. The number of carbonyl (C=O) groups is 2. The molecular formula is C37H66N4O10. The minimum absolute atomic E-state index is 0.0210. The Kier molecular flexibility index (Phi) is 13.8. The summed E-state index contributed by atoms with van der Waals surface area (Å²) in [6, 6.07) is 0.477. The smallest absolute Gasteiger partial charge is 0.288 e. The molecule has 2 amide bonds. The molecule has 14 atom stereocenters. The van der Waals surface area contributed by atoms with Crippen LogP contribution in [0.2, 0.25) is 0 Å². The molecule has 14 heteroatoms. The molecule has 4 aliphatic rings. The lowest BCUT2D eigenvalue weighted by Crippen LogP contribution is -2.60. The number of hydrogen-bond acceptors (Lipinski definition) is 11. The first-order valence-corrected chi connectivity index (χ1v) is 18.8. The van der Waals surface area contributed by atoms with E-state index in [0.29, 0.717) is 38.4 Å². The molecular weight excluding hydrogens is 660 g/mol. The van der Waals surface area contributed by atoms with Crippen LogP contribution in [-0.2, 0) is 38.0 Å². The molecule has 3 N–H and O–H groups in total. The number of aliphatic hydroxyl groups excluding tert-OH is 1. The minimum Gasteiger partial charge on any atom is -0.454 e. The number of hydrogen-bond donors (Lipinski definition) is 3. The zero-order valence-corrected chi connectivity index (χ0v) is 33.0. The van der Waals surface area contributed by atoms with Crippen LogP contribution in [0.5, 0.6) is 0 Å². The number of likely N-dealkylation sites (N-methyl/N-ethyl adjacent to an activating group) is 1. The van der Waals surface area contributed by atoms with Crippen LogP contribution in [0.25, 0.3) is 0 Å². The fourth-order valence-electron chi connectivity index (χ4n) is 8.36. The van der Waals surface area contributed by atoms with Gasteiger partial charge in [0.25, 0.3) is 6.02 Å². The molecule has 294 valence electrons. The van der Waals surface area contributed by atoms with Crippen LogP contribution in [0, 0.1) is 17.8 Å². The Balaban J connectivity index is 1.75. The zero-order chi connectivity index (χ0) is 38.0. The molecule has 0 aliphatic carbocycles. The van der Waals surface area contributed by atoms with Gasteiger partial charge in [0, 0.05) is 59.1 Å². The van der Waals surface area contributed by atoms with Crippen molar-refractivity contribution >= 4 is 17.8 Å². The Hall–Kier alpha value is -2.07. The summed E-state index contributed by atoms with van der Waals surface area (Å²) in [4.78, 5) is 35.2. The summed E-state index contributed by atoms with van der Waals surface area (Å²) in [5, 5.41) is 26.4. The summed E-state index contributed by atoms with van der Waals surface area (Å²) in [5.41, 5.74) is -2.42. The molecule has 0 unspecified atom stereocenters. The third-order valence-electron chi connectivity index (χ3n) is 11.2. The molecule has 4 heterocycles. The van der Waals surface area contributed by atoms with E-state index < -0.39 is 66.1 Å². The van der Waals surface area contributed by atoms with Crippen molar-refractivity contribution in [1.29, 1.82) is 0 Å². The molecule has 0 radical (unpaired) electrons. The van der Waals surface area contributed by atoms with E-state index in [0.717, 1.165) is 0 Å². The van der Waals surface area contributed by atoms with Gasteiger partial charge in [-0.3, -0.25) is 9.59 Å². The van der Waals surface area contributed by atoms with Gasteiger partial charge in [-0.25, -0.2) is 4.99 Å². The molecule has 0 saturated carbocycles. The van der Waals surface area contributed by atoms with Crippen molar-refractivity contribution in [3.8, 4) is 0 Å². The SMILES string of the molecule is CO[C@]1(C)C[C@H](O[C@H]2[C@H](C)[C@@H](O[C@@H]3O[C@H](C)C[C@H]4[C@H]3OC(=NC(C)C)N4C)[C@](C)(O)C[C@@H](C)CN(C)C(=O)CCCNC(=O)[C@@H]2C)O[C@@H](C)[C@@H]1O. The minimum atomic E-state index is -1.47. The number of nitrogens with zero attached hydrogens (tertiary/aromatic N) is 3. The topological polar surface area (TPSA) is 161 Å². The average molecular weight is 727 g/mol. The van der Waals surface area contributed by atoms with Crippen LogP contribution in [0.15, 0.2) is 4.99 Å². The Morgan fingerprint density at radius 2 is 1.73 bits per heavy atom. The maximum Gasteiger partial charge on any atom is 0.288 e. The highest BCUT2D eigenvalue weighted by molar-refractivity contribution is 5.79. The van der Waals surface area contributed by atoms with Crippen molar-refractivity contribution < 1.29 is 48.2 Å². The van der Waals surface area contributed by atoms with Crippen molar-refractivity contribution in [2.24, 2.45) is 22.7 Å². The van der Waals surface area contributed by atoms with E-state index in [1.54, 1.807) is 39.8 Å². The van der Waals surface area contributed by atoms with Gasteiger partial charge in [-0.15, -0.1) is 0 Å². The van der Waals surface area contributed by atoms with Crippen molar-refractivity contribution in [1.82, 2.24) is 15.1 Å². The van der Waals surface area contributed by atoms with Crippen LogP contribution in [0.4, 0.5) is 0 Å². The van der Waals surface area contributed by atoms with Crippen LogP contribution < -0.4 is 5.32 Å². The zero-order valence-electron chi connectivity index (χ0n) is 33.0. The maximum absolute atomic E-state index is 13.8. The number of methoxy groups -OCH3 is 1. The summed E-state index contributed by atoms with van der Waals surface area (Å²) in [5.74, 6) is -1.70. The van der Waals surface area contributed by atoms with E-state index in [9.17, 15) is 19.8 Å². The summed E-state index contributed by atoms with van der Waals surface area (Å²) < 4.78 is 38.5. The largest absolute Gasteiger partial charge is 0.454 e. The van der Waals surface area contributed by atoms with Gasteiger partial charge in [-0.1, -0.05) is 20.8 Å². The van der Waals surface area contributed by atoms with Gasteiger partial charge in [0.05, 0.1) is 47.6 Å². The van der Waals surface area contributed by atoms with E-state index >= 15 is 0 Å². The van der Waals surface area contributed by atoms with Gasteiger partial charge >= 0.3 is 0 Å². The molecule has 0 spiro atoms. The summed E-state index contributed by atoms with van der Waals surface area (Å²) in [6.45, 7) is 17.8. The van der Waals surface area contributed by atoms with Crippen LogP contribution in [-0.4, -0.2) is 145 Å². The summed E-state index contributed by atoms with van der Waals surface area (Å²) >= 11 is 0. The van der Waals surface area contributed by atoms with Crippen molar-refractivity contribution in [3.63, 3.8) is 0 Å². The first-order chi connectivity index (χ1) is 23.8. The lowest BCUT2D eigenvalue weighted by molar-refractivity contribution is -0.313. The van der Waals surface area contributed by atoms with Gasteiger partial charge in [0.1, 0.15) is 6.10 Å². The number of aliphatic imine (C=N–C) groups is 1. The van der Waals surface area contributed by atoms with Crippen molar-refractivity contribution in [2.75, 3.05) is 34.3 Å². The Labute approximate surface area is 304 Å². The molecule has 4 aliphatic heterocycles. The number of carbonyl (C=O) groups excluding carboxylic acids is 2. The second-order valence-corrected chi connectivity index (χ2v) is 16.4. The van der Waals surface area contributed by atoms with Crippen LogP contribution in [0.1, 0.15) is 94.4 Å². The monoisotopic (exact) mass is 726 g/mol. The predicted molar refractivity (Wildman–Crippen MR) is 191 cm³/mol. The standard InChI is InChI=1S/C37H66N4O10/c1-20(2)39-35-41(11)26-16-22(4)47-34(30(26)50-35)51-32-23(5)29(49-28-18-37(9,46-12)31(43)25(7)48-28)24(6)33(44)38-15-13-14-27(42)40(10)19-21(3)17-36(32,8)45/h20-26,28-32,34,43,45H,13-19H2,1-12H3,(H,38,44)/t21-,22-,23+,24-,25+,26+,28+,29+,30-,31+,32-,34+,36-,37-/m1/s1. The highest BCUT2D eigenvalue weighted by Crippen LogP contribution is 2.40. The molecule has 0 aromatic carbocycles. The maximum atomic E-state index is 13.8. The van der Waals surface area contributed by atoms with Gasteiger partial charge in [0.15, 0.2) is 18.7 Å². The molecule has 0 bridgehead atoms. The molecule has 0 aromatic heterocycles. The first kappa shape index (κ1) is 41.7. The lowest BCUT2D eigenvalue weighted by atomic mass is 9.77. The van der Waals surface area contributed by atoms with E-state index in [-0.39, 0.29) is 48.8 Å². The number of amidine groups is 1. The second kappa shape index (κ2) is 16.9. The summed E-state index contributed by atoms with van der Waals surface area (Å²) in [6.07, 6.45) is -3.64. The number of nitrogens with one attached hydrogen (secondary N) is 1. The molecule has 0 aromatic rings. The van der Waals surface area contributed by atoms with Crippen LogP contribution >= 0.6 is 0 Å². The fraction of sp³-hybridized carbons (Fsp3) is 0.919. The third-order valence-corrected chi connectivity index (χ3v) is 11.2. The number of ether oxygens (including phenoxy) is 6. The Bertz CT molecular complexity index is 1220. The third kappa shape index (κ3) is 9.73. The highest BCUT2D eigenvalue weighted by Gasteiger charge is 2.53. The normalized spacial score (nSPS) is 44.5. The number of aliphatic hydroxyl groups is 2. The first-order valence-electron chi connectivity index (χ1n) is 18.8. The molecule has 14 nitrogen and oxygen atoms in total.